The molecule has 2 heterocycles. The molecule has 0 radical (unpaired) electrons. The van der Waals surface area contributed by atoms with Gasteiger partial charge >= 0.3 is 0 Å². The van der Waals surface area contributed by atoms with E-state index in [4.69, 9.17) is 5.73 Å². The van der Waals surface area contributed by atoms with Crippen molar-refractivity contribution in [2.24, 2.45) is 0 Å². The minimum absolute atomic E-state index is 0.0201. The Hall–Kier alpha value is -1.40. The summed E-state index contributed by atoms with van der Waals surface area (Å²) in [4.78, 5) is 8.62. The minimum atomic E-state index is -0.0201. The molecular formula is C13H17BrN4O. The van der Waals surface area contributed by atoms with E-state index in [-0.39, 0.29) is 12.6 Å². The van der Waals surface area contributed by atoms with Crippen molar-refractivity contribution in [1.29, 1.82) is 0 Å². The lowest BCUT2D eigenvalue weighted by atomic mass is 10.1. The van der Waals surface area contributed by atoms with Gasteiger partial charge in [-0.3, -0.25) is 4.98 Å². The highest BCUT2D eigenvalue weighted by Gasteiger charge is 2.15. The number of nitrogens with two attached hydrogens (primary N) is 1. The number of hydrogen-bond donors (Lipinski definition) is 3. The zero-order valence-electron chi connectivity index (χ0n) is 10.7. The van der Waals surface area contributed by atoms with E-state index in [1.165, 1.54) is 0 Å². The Morgan fingerprint density at radius 1 is 1.53 bits per heavy atom. The van der Waals surface area contributed by atoms with Crippen molar-refractivity contribution >= 4 is 38.5 Å². The number of pyridine rings is 2. The van der Waals surface area contributed by atoms with Crippen molar-refractivity contribution in [3.8, 4) is 0 Å². The zero-order valence-corrected chi connectivity index (χ0v) is 12.3. The molecule has 0 saturated carbocycles. The maximum atomic E-state index is 9.41. The van der Waals surface area contributed by atoms with E-state index in [0.29, 0.717) is 10.3 Å². The van der Waals surface area contributed by atoms with E-state index in [1.54, 1.807) is 6.20 Å². The van der Waals surface area contributed by atoms with Gasteiger partial charge < -0.3 is 16.2 Å². The first-order valence-corrected chi connectivity index (χ1v) is 7.03. The Bertz CT molecular complexity index is 576. The fourth-order valence-corrected chi connectivity index (χ4v) is 2.37. The molecule has 2 rings (SSSR count). The number of nitrogens with zero attached hydrogens (tertiary/aromatic N) is 2. The lowest BCUT2D eigenvalue weighted by Crippen LogP contribution is -2.24. The van der Waals surface area contributed by atoms with Crippen LogP contribution in [0.5, 0.6) is 0 Å². The summed E-state index contributed by atoms with van der Waals surface area (Å²) in [7, 11) is 0. The van der Waals surface area contributed by atoms with Gasteiger partial charge in [0.2, 0.25) is 0 Å². The SMILES string of the molecule is CCC[C@@H](CO)Nc1c(Br)c(N)nc2cccnc12. The number of anilines is 2. The Balaban J connectivity index is 2.48. The maximum Gasteiger partial charge on any atom is 0.140 e. The van der Waals surface area contributed by atoms with Crippen LogP contribution in [0.3, 0.4) is 0 Å². The van der Waals surface area contributed by atoms with Crippen LogP contribution in [0.15, 0.2) is 22.8 Å². The summed E-state index contributed by atoms with van der Waals surface area (Å²) in [6.45, 7) is 2.15. The Morgan fingerprint density at radius 3 is 3.00 bits per heavy atom. The van der Waals surface area contributed by atoms with Crippen LogP contribution in [0.2, 0.25) is 0 Å². The number of nitrogens with one attached hydrogen (secondary N) is 1. The summed E-state index contributed by atoms with van der Waals surface area (Å²) in [5.41, 5.74) is 8.16. The molecule has 5 nitrogen and oxygen atoms in total. The molecule has 0 unspecified atom stereocenters. The molecule has 0 aromatic carbocycles. The van der Waals surface area contributed by atoms with Crippen molar-refractivity contribution in [1.82, 2.24) is 9.97 Å². The summed E-state index contributed by atoms with van der Waals surface area (Å²) in [6.07, 6.45) is 3.58. The number of aliphatic hydroxyl groups excluding tert-OH is 1. The lowest BCUT2D eigenvalue weighted by Gasteiger charge is -2.19. The van der Waals surface area contributed by atoms with Crippen LogP contribution in [0.1, 0.15) is 19.8 Å². The summed E-state index contributed by atoms with van der Waals surface area (Å²) in [5, 5.41) is 12.7. The largest absolute Gasteiger partial charge is 0.394 e. The van der Waals surface area contributed by atoms with Crippen molar-refractivity contribution in [2.75, 3.05) is 17.7 Å². The molecule has 2 aromatic heterocycles. The number of fused-ring (bicyclic) bond motifs is 1. The number of nitrogen functional groups attached to an aromatic ring is 1. The first-order valence-electron chi connectivity index (χ1n) is 6.24. The Labute approximate surface area is 120 Å². The molecule has 0 amide bonds. The van der Waals surface area contributed by atoms with Gasteiger partial charge in [0.05, 0.1) is 22.3 Å². The first-order chi connectivity index (χ1) is 9.17. The van der Waals surface area contributed by atoms with Crippen LogP contribution in [0.25, 0.3) is 11.0 Å². The van der Waals surface area contributed by atoms with Gasteiger partial charge in [-0.1, -0.05) is 13.3 Å². The monoisotopic (exact) mass is 324 g/mol. The Morgan fingerprint density at radius 2 is 2.32 bits per heavy atom. The maximum absolute atomic E-state index is 9.41. The normalized spacial score (nSPS) is 12.6. The number of halogens is 1. The third-order valence-electron chi connectivity index (χ3n) is 2.91. The van der Waals surface area contributed by atoms with Gasteiger partial charge in [-0.25, -0.2) is 4.98 Å². The highest BCUT2D eigenvalue weighted by atomic mass is 79.9. The zero-order chi connectivity index (χ0) is 13.8. The van der Waals surface area contributed by atoms with Gasteiger partial charge in [-0.05, 0) is 34.5 Å². The molecule has 0 aliphatic rings. The molecule has 102 valence electrons. The second-order valence-corrected chi connectivity index (χ2v) is 5.16. The highest BCUT2D eigenvalue weighted by Crippen LogP contribution is 2.33. The number of aromatic nitrogens is 2. The van der Waals surface area contributed by atoms with E-state index in [9.17, 15) is 5.11 Å². The van der Waals surface area contributed by atoms with E-state index in [2.05, 4.69) is 38.1 Å². The molecule has 6 heteroatoms. The third-order valence-corrected chi connectivity index (χ3v) is 3.72. The minimum Gasteiger partial charge on any atom is -0.394 e. The van der Waals surface area contributed by atoms with Gasteiger partial charge in [-0.2, -0.15) is 0 Å². The number of aliphatic hydroxyl groups is 1. The van der Waals surface area contributed by atoms with E-state index in [1.807, 2.05) is 12.1 Å². The van der Waals surface area contributed by atoms with Crippen LogP contribution in [-0.2, 0) is 0 Å². The second-order valence-electron chi connectivity index (χ2n) is 4.37. The quantitative estimate of drug-likeness (QED) is 0.787. The molecule has 4 N–H and O–H groups in total. The summed E-state index contributed by atoms with van der Waals surface area (Å²) >= 11 is 3.44. The molecular weight excluding hydrogens is 308 g/mol. The van der Waals surface area contributed by atoms with Crippen LogP contribution >= 0.6 is 15.9 Å². The van der Waals surface area contributed by atoms with E-state index >= 15 is 0 Å². The average molecular weight is 325 g/mol. The molecule has 19 heavy (non-hydrogen) atoms. The molecule has 0 spiro atoms. The van der Waals surface area contributed by atoms with Gasteiger partial charge in [0, 0.05) is 12.2 Å². The third kappa shape index (κ3) is 2.96. The second kappa shape index (κ2) is 6.16. The molecule has 0 saturated heterocycles. The molecule has 0 aliphatic carbocycles. The van der Waals surface area contributed by atoms with Gasteiger partial charge in [0.25, 0.3) is 0 Å². The van der Waals surface area contributed by atoms with Crippen LogP contribution in [0.4, 0.5) is 11.5 Å². The molecule has 0 aliphatic heterocycles. The lowest BCUT2D eigenvalue weighted by molar-refractivity contribution is 0.268. The predicted octanol–water partition coefficient (Wildman–Crippen LogP) is 2.55. The van der Waals surface area contributed by atoms with Crippen LogP contribution in [-0.4, -0.2) is 27.7 Å². The molecule has 0 bridgehead atoms. The predicted molar refractivity (Wildman–Crippen MR) is 81.1 cm³/mol. The van der Waals surface area contributed by atoms with E-state index in [0.717, 1.165) is 29.6 Å². The summed E-state index contributed by atoms with van der Waals surface area (Å²) < 4.78 is 0.688. The fraction of sp³-hybridized carbons (Fsp3) is 0.385. The average Bonchev–Trinajstić information content (AvgIpc) is 2.42. The number of hydrogen-bond acceptors (Lipinski definition) is 5. The van der Waals surface area contributed by atoms with Crippen molar-refractivity contribution in [3.05, 3.63) is 22.8 Å². The Kier molecular flexibility index (Phi) is 4.55. The molecule has 1 atom stereocenters. The molecule has 0 fully saturated rings. The van der Waals surface area contributed by atoms with Crippen molar-refractivity contribution < 1.29 is 5.11 Å². The molecule has 2 aromatic rings. The number of rotatable bonds is 5. The summed E-state index contributed by atoms with van der Waals surface area (Å²) in [6, 6.07) is 3.67. The smallest absolute Gasteiger partial charge is 0.140 e. The highest BCUT2D eigenvalue weighted by molar-refractivity contribution is 9.10. The van der Waals surface area contributed by atoms with Gasteiger partial charge in [0.1, 0.15) is 11.3 Å². The first kappa shape index (κ1) is 14.0. The van der Waals surface area contributed by atoms with Gasteiger partial charge in [-0.15, -0.1) is 0 Å². The fourth-order valence-electron chi connectivity index (χ4n) is 1.98. The van der Waals surface area contributed by atoms with Crippen molar-refractivity contribution in [3.63, 3.8) is 0 Å². The van der Waals surface area contributed by atoms with Crippen LogP contribution < -0.4 is 11.1 Å². The van der Waals surface area contributed by atoms with Crippen molar-refractivity contribution in [2.45, 2.75) is 25.8 Å². The standard InChI is InChI=1S/C13H17BrN4O/c1-2-4-8(7-19)17-12-10(14)13(15)18-9-5-3-6-16-11(9)12/h3,5-6,8,19H,2,4,7H2,1H3,(H3,15,17,18)/t8-/m0/s1. The van der Waals surface area contributed by atoms with Crippen LogP contribution in [0, 0.1) is 0 Å². The topological polar surface area (TPSA) is 84.1 Å². The van der Waals surface area contributed by atoms with E-state index < -0.39 is 0 Å². The van der Waals surface area contributed by atoms with Gasteiger partial charge in [0.15, 0.2) is 0 Å². The summed E-state index contributed by atoms with van der Waals surface area (Å²) in [5.74, 6) is 0.413.